The molecule has 3 heteroatoms. The molecule has 0 aromatic rings. The summed E-state index contributed by atoms with van der Waals surface area (Å²) in [4.78, 5) is 14.7. The number of carbonyl (C=O) groups excluding carboxylic acids is 1. The summed E-state index contributed by atoms with van der Waals surface area (Å²) >= 11 is 0. The minimum Gasteiger partial charge on any atom is -0.469 e. The number of rotatable bonds is 2. The van der Waals surface area contributed by atoms with Crippen molar-refractivity contribution in [3.63, 3.8) is 0 Å². The van der Waals surface area contributed by atoms with Crippen LogP contribution in [0.4, 0.5) is 0 Å². The lowest BCUT2D eigenvalue weighted by molar-refractivity contribution is -0.139. The van der Waals surface area contributed by atoms with Gasteiger partial charge in [0.2, 0.25) is 0 Å². The second kappa shape index (κ2) is 4.11. The molecule has 0 amide bonds. The molecule has 64 valence electrons. The van der Waals surface area contributed by atoms with Crippen molar-refractivity contribution in [3.05, 3.63) is 0 Å². The summed E-state index contributed by atoms with van der Waals surface area (Å²) in [5, 5.41) is 0. The Hall–Kier alpha value is -0.860. The van der Waals surface area contributed by atoms with Gasteiger partial charge in [-0.2, -0.15) is 0 Å². The summed E-state index contributed by atoms with van der Waals surface area (Å²) in [5.74, 6) is -0.252. The Kier molecular flexibility index (Phi) is 3.79. The second-order valence-electron chi connectivity index (χ2n) is 3.26. The molecule has 0 aromatic carbocycles. The number of aliphatic imine (C=N–C) groups is 1. The van der Waals surface area contributed by atoms with Gasteiger partial charge in [0.25, 0.3) is 0 Å². The van der Waals surface area contributed by atoms with Crippen molar-refractivity contribution in [2.24, 2.45) is 4.99 Å². The van der Waals surface area contributed by atoms with E-state index in [1.165, 1.54) is 7.11 Å². The number of esters is 1. The van der Waals surface area contributed by atoms with Crippen LogP contribution < -0.4 is 0 Å². The first-order valence-corrected chi connectivity index (χ1v) is 3.56. The van der Waals surface area contributed by atoms with E-state index in [0.29, 0.717) is 0 Å². The summed E-state index contributed by atoms with van der Waals surface area (Å²) in [5.41, 5.74) is -0.103. The Morgan fingerprint density at radius 1 is 1.55 bits per heavy atom. The largest absolute Gasteiger partial charge is 0.469 e. The molecule has 0 bridgehead atoms. The summed E-state index contributed by atoms with van der Waals surface area (Å²) in [6.07, 6.45) is 1.85. The first-order chi connectivity index (χ1) is 4.95. The Morgan fingerprint density at radius 2 is 2.09 bits per heavy atom. The zero-order valence-electron chi connectivity index (χ0n) is 7.55. The number of nitrogens with zero attached hydrogens (tertiary/aromatic N) is 1. The molecule has 11 heavy (non-hydrogen) atoms. The molecule has 0 aliphatic carbocycles. The van der Waals surface area contributed by atoms with Crippen LogP contribution in [-0.2, 0) is 9.53 Å². The topological polar surface area (TPSA) is 38.7 Å². The number of ether oxygens (including phenoxy) is 1. The number of hydrogen-bond donors (Lipinski definition) is 0. The van der Waals surface area contributed by atoms with Gasteiger partial charge in [-0.25, -0.2) is 0 Å². The van der Waals surface area contributed by atoms with Gasteiger partial charge in [-0.1, -0.05) is 0 Å². The average Bonchev–Trinajstić information content (AvgIpc) is 1.85. The van der Waals surface area contributed by atoms with Crippen LogP contribution >= 0.6 is 0 Å². The van der Waals surface area contributed by atoms with Gasteiger partial charge >= 0.3 is 5.97 Å². The van der Waals surface area contributed by atoms with Crippen LogP contribution in [0, 0.1) is 0 Å². The van der Waals surface area contributed by atoms with E-state index in [2.05, 4.69) is 9.73 Å². The van der Waals surface area contributed by atoms with Crippen molar-refractivity contribution in [1.82, 2.24) is 0 Å². The normalized spacial score (nSPS) is 12.0. The quantitative estimate of drug-likeness (QED) is 0.449. The molecule has 0 rings (SSSR count). The lowest BCUT2D eigenvalue weighted by Crippen LogP contribution is -2.10. The van der Waals surface area contributed by atoms with Crippen molar-refractivity contribution in [2.75, 3.05) is 7.11 Å². The van der Waals surface area contributed by atoms with Crippen molar-refractivity contribution in [2.45, 2.75) is 32.7 Å². The zero-order chi connectivity index (χ0) is 8.91. The highest BCUT2D eigenvalue weighted by Crippen LogP contribution is 2.04. The van der Waals surface area contributed by atoms with Crippen LogP contribution in [0.5, 0.6) is 0 Å². The highest BCUT2D eigenvalue weighted by molar-refractivity contribution is 5.85. The Balaban J connectivity index is 3.70. The van der Waals surface area contributed by atoms with Gasteiger partial charge in [0.1, 0.15) is 0 Å². The Morgan fingerprint density at radius 3 is 2.45 bits per heavy atom. The lowest BCUT2D eigenvalue weighted by atomic mass is 10.1. The van der Waals surface area contributed by atoms with E-state index in [0.717, 1.165) is 0 Å². The van der Waals surface area contributed by atoms with Crippen molar-refractivity contribution >= 4 is 12.2 Å². The van der Waals surface area contributed by atoms with Gasteiger partial charge in [-0.3, -0.25) is 9.79 Å². The fourth-order valence-corrected chi connectivity index (χ4v) is 0.477. The monoisotopic (exact) mass is 157 g/mol. The molecule has 0 radical (unpaired) electrons. The van der Waals surface area contributed by atoms with E-state index >= 15 is 0 Å². The maximum Gasteiger partial charge on any atom is 0.310 e. The summed E-state index contributed by atoms with van der Waals surface area (Å²) < 4.78 is 4.43. The third-order valence-corrected chi connectivity index (χ3v) is 0.964. The van der Waals surface area contributed by atoms with E-state index in [9.17, 15) is 4.79 Å². The van der Waals surface area contributed by atoms with E-state index in [4.69, 9.17) is 0 Å². The van der Waals surface area contributed by atoms with E-state index in [1.54, 1.807) is 6.21 Å². The smallest absolute Gasteiger partial charge is 0.310 e. The maximum atomic E-state index is 10.6. The number of carbonyl (C=O) groups is 1. The zero-order valence-corrected chi connectivity index (χ0v) is 7.55. The fourth-order valence-electron chi connectivity index (χ4n) is 0.477. The summed E-state index contributed by atoms with van der Waals surface area (Å²) in [6.45, 7) is 5.92. The second-order valence-corrected chi connectivity index (χ2v) is 3.26. The van der Waals surface area contributed by atoms with Crippen LogP contribution in [-0.4, -0.2) is 24.8 Å². The first-order valence-electron chi connectivity index (χ1n) is 3.56. The molecule has 0 N–H and O–H groups in total. The third kappa shape index (κ3) is 7.03. The molecule has 3 nitrogen and oxygen atoms in total. The molecule has 0 aliphatic heterocycles. The van der Waals surface area contributed by atoms with Gasteiger partial charge in [0.15, 0.2) is 0 Å². The minimum absolute atomic E-state index is 0.103. The van der Waals surface area contributed by atoms with Crippen LogP contribution in [0.15, 0.2) is 4.99 Å². The standard InChI is InChI=1S/C8H15NO2/c1-8(2,3)9-6-5-7(10)11-4/h6H,5H2,1-4H3. The summed E-state index contributed by atoms with van der Waals surface area (Å²) in [6, 6.07) is 0. The Labute approximate surface area is 67.5 Å². The molecule has 0 unspecified atom stereocenters. The molecular weight excluding hydrogens is 142 g/mol. The highest BCUT2D eigenvalue weighted by atomic mass is 16.5. The van der Waals surface area contributed by atoms with E-state index in [1.807, 2.05) is 20.8 Å². The summed E-state index contributed by atoms with van der Waals surface area (Å²) in [7, 11) is 1.37. The molecular formula is C8H15NO2. The molecule has 0 aliphatic rings. The average molecular weight is 157 g/mol. The first kappa shape index (κ1) is 10.1. The molecule has 0 heterocycles. The maximum absolute atomic E-state index is 10.6. The molecule has 0 spiro atoms. The predicted molar refractivity (Wildman–Crippen MR) is 44.9 cm³/mol. The van der Waals surface area contributed by atoms with Crippen molar-refractivity contribution in [3.8, 4) is 0 Å². The fraction of sp³-hybridized carbons (Fsp3) is 0.750. The Bertz CT molecular complexity index is 156. The number of hydrogen-bond acceptors (Lipinski definition) is 3. The van der Waals surface area contributed by atoms with Gasteiger partial charge in [0.05, 0.1) is 19.1 Å². The third-order valence-electron chi connectivity index (χ3n) is 0.964. The van der Waals surface area contributed by atoms with Gasteiger partial charge in [-0.05, 0) is 20.8 Å². The number of methoxy groups -OCH3 is 1. The van der Waals surface area contributed by atoms with Gasteiger partial charge < -0.3 is 4.74 Å². The lowest BCUT2D eigenvalue weighted by Gasteiger charge is -2.10. The highest BCUT2D eigenvalue weighted by Gasteiger charge is 2.05. The van der Waals surface area contributed by atoms with Gasteiger partial charge in [0, 0.05) is 6.21 Å². The molecule has 0 fully saturated rings. The van der Waals surface area contributed by atoms with E-state index < -0.39 is 0 Å². The van der Waals surface area contributed by atoms with Crippen LogP contribution in [0.2, 0.25) is 0 Å². The van der Waals surface area contributed by atoms with Crippen LogP contribution in [0.25, 0.3) is 0 Å². The van der Waals surface area contributed by atoms with Crippen molar-refractivity contribution < 1.29 is 9.53 Å². The van der Waals surface area contributed by atoms with E-state index in [-0.39, 0.29) is 17.9 Å². The van der Waals surface area contributed by atoms with Crippen LogP contribution in [0.1, 0.15) is 27.2 Å². The van der Waals surface area contributed by atoms with Crippen LogP contribution in [0.3, 0.4) is 0 Å². The SMILES string of the molecule is COC(=O)CC=NC(C)(C)C. The predicted octanol–water partition coefficient (Wildman–Crippen LogP) is 1.42. The molecule has 0 saturated carbocycles. The molecule has 0 saturated heterocycles. The minimum atomic E-state index is -0.252. The van der Waals surface area contributed by atoms with Gasteiger partial charge in [-0.15, -0.1) is 0 Å². The molecule has 0 aromatic heterocycles. The molecule has 0 atom stereocenters. The van der Waals surface area contributed by atoms with Crippen molar-refractivity contribution in [1.29, 1.82) is 0 Å².